The molecule has 1 rings (SSSR count). The van der Waals surface area contributed by atoms with Crippen LogP contribution in [0.5, 0.6) is 0 Å². The zero-order valence-electron chi connectivity index (χ0n) is 6.49. The number of carboxylic acids is 1. The third kappa shape index (κ3) is 1.95. The lowest BCUT2D eigenvalue weighted by Crippen LogP contribution is -2.07. The third-order valence-corrected chi connectivity index (χ3v) is 1.83. The first kappa shape index (κ1) is 9.00. The molecule has 1 aromatic rings. The molecule has 0 amide bonds. The Morgan fingerprint density at radius 2 is 2.42 bits per heavy atom. The van der Waals surface area contributed by atoms with Crippen LogP contribution in [-0.2, 0) is 4.79 Å². The van der Waals surface area contributed by atoms with Crippen molar-refractivity contribution < 1.29 is 9.90 Å². The Labute approximate surface area is 75.0 Å². The summed E-state index contributed by atoms with van der Waals surface area (Å²) in [4.78, 5) is 14.3. The van der Waals surface area contributed by atoms with E-state index in [4.69, 9.17) is 16.7 Å². The smallest absolute Gasteiger partial charge is 0.310 e. The fourth-order valence-corrected chi connectivity index (χ4v) is 1.01. The molecular weight excluding hydrogens is 178 g/mol. The Morgan fingerprint density at radius 3 is 2.92 bits per heavy atom. The minimum Gasteiger partial charge on any atom is -0.481 e. The van der Waals surface area contributed by atoms with Gasteiger partial charge in [0, 0.05) is 6.20 Å². The Balaban J connectivity index is 2.95. The van der Waals surface area contributed by atoms with Crippen LogP contribution in [0, 0.1) is 0 Å². The number of nitrogens with zero attached hydrogens (tertiary/aromatic N) is 1. The van der Waals surface area contributed by atoms with E-state index in [1.807, 2.05) is 0 Å². The van der Waals surface area contributed by atoms with Crippen LogP contribution in [0.3, 0.4) is 0 Å². The molecule has 0 radical (unpaired) electrons. The minimum atomic E-state index is -0.864. The van der Waals surface area contributed by atoms with E-state index < -0.39 is 11.9 Å². The average molecular weight is 186 g/mol. The summed E-state index contributed by atoms with van der Waals surface area (Å²) >= 11 is 5.59. The zero-order chi connectivity index (χ0) is 9.14. The molecule has 1 aromatic heterocycles. The van der Waals surface area contributed by atoms with E-state index in [0.29, 0.717) is 10.7 Å². The first-order chi connectivity index (χ1) is 5.61. The molecule has 0 aliphatic carbocycles. The standard InChI is InChI=1S/C8H8ClNO2/c1-5(8(11)12)6-2-3-10-7(9)4-6/h2-5H,1H3,(H,11,12)/t5-/m0/s1. The number of halogens is 1. The molecule has 1 N–H and O–H groups in total. The van der Waals surface area contributed by atoms with Gasteiger partial charge >= 0.3 is 5.97 Å². The summed E-state index contributed by atoms with van der Waals surface area (Å²) in [5, 5.41) is 8.98. The molecule has 1 atom stereocenters. The van der Waals surface area contributed by atoms with Crippen molar-refractivity contribution in [2.45, 2.75) is 12.8 Å². The highest BCUT2D eigenvalue weighted by Gasteiger charge is 2.13. The normalized spacial score (nSPS) is 12.5. The van der Waals surface area contributed by atoms with Crippen LogP contribution in [0.2, 0.25) is 5.15 Å². The van der Waals surface area contributed by atoms with Gasteiger partial charge in [-0.1, -0.05) is 11.6 Å². The lowest BCUT2D eigenvalue weighted by Gasteiger charge is -2.05. The highest BCUT2D eigenvalue weighted by Crippen LogP contribution is 2.17. The molecule has 3 nitrogen and oxygen atoms in total. The Kier molecular flexibility index (Phi) is 2.65. The number of hydrogen-bond acceptors (Lipinski definition) is 2. The van der Waals surface area contributed by atoms with Gasteiger partial charge in [0.25, 0.3) is 0 Å². The molecule has 1 heterocycles. The zero-order valence-corrected chi connectivity index (χ0v) is 7.25. The number of pyridine rings is 1. The highest BCUT2D eigenvalue weighted by atomic mass is 35.5. The van der Waals surface area contributed by atoms with Crippen LogP contribution in [0.25, 0.3) is 0 Å². The van der Waals surface area contributed by atoms with Crippen LogP contribution in [0.15, 0.2) is 18.3 Å². The van der Waals surface area contributed by atoms with E-state index in [1.54, 1.807) is 19.1 Å². The summed E-state index contributed by atoms with van der Waals surface area (Å²) in [6, 6.07) is 3.20. The van der Waals surface area contributed by atoms with Crippen molar-refractivity contribution in [3.63, 3.8) is 0 Å². The van der Waals surface area contributed by atoms with Crippen molar-refractivity contribution in [3.8, 4) is 0 Å². The second-order valence-corrected chi connectivity index (χ2v) is 2.86. The van der Waals surface area contributed by atoms with E-state index in [2.05, 4.69) is 4.98 Å². The van der Waals surface area contributed by atoms with Gasteiger partial charge in [0.2, 0.25) is 0 Å². The maximum Gasteiger partial charge on any atom is 0.310 e. The molecule has 0 aliphatic rings. The van der Waals surface area contributed by atoms with Gasteiger partial charge < -0.3 is 5.11 Å². The minimum absolute atomic E-state index is 0.320. The van der Waals surface area contributed by atoms with Crippen LogP contribution in [0.4, 0.5) is 0 Å². The predicted molar refractivity (Wildman–Crippen MR) is 45.3 cm³/mol. The summed E-state index contributed by atoms with van der Waals surface area (Å²) in [5.74, 6) is -1.40. The fraction of sp³-hybridized carbons (Fsp3) is 0.250. The van der Waals surface area contributed by atoms with Crippen molar-refractivity contribution in [1.82, 2.24) is 4.98 Å². The maximum absolute atomic E-state index is 10.5. The Hall–Kier alpha value is -1.09. The molecule has 0 fully saturated rings. The van der Waals surface area contributed by atoms with Gasteiger partial charge in [-0.15, -0.1) is 0 Å². The van der Waals surface area contributed by atoms with E-state index in [1.165, 1.54) is 6.20 Å². The van der Waals surface area contributed by atoms with E-state index in [-0.39, 0.29) is 0 Å². The summed E-state index contributed by atoms with van der Waals surface area (Å²) in [6.07, 6.45) is 1.50. The molecule has 4 heteroatoms. The van der Waals surface area contributed by atoms with E-state index in [0.717, 1.165) is 0 Å². The number of aromatic nitrogens is 1. The average Bonchev–Trinajstić information content (AvgIpc) is 2.03. The summed E-state index contributed by atoms with van der Waals surface area (Å²) in [6.45, 7) is 1.61. The molecule has 0 saturated carbocycles. The Morgan fingerprint density at radius 1 is 1.75 bits per heavy atom. The molecule has 0 aliphatic heterocycles. The second kappa shape index (κ2) is 3.54. The first-order valence-electron chi connectivity index (χ1n) is 3.45. The van der Waals surface area contributed by atoms with Gasteiger partial charge in [-0.3, -0.25) is 4.79 Å². The first-order valence-corrected chi connectivity index (χ1v) is 3.83. The number of carbonyl (C=O) groups is 1. The molecular formula is C8H8ClNO2. The summed E-state index contributed by atoms with van der Waals surface area (Å²) in [5.41, 5.74) is 0.669. The van der Waals surface area contributed by atoms with Crippen molar-refractivity contribution in [2.24, 2.45) is 0 Å². The molecule has 0 spiro atoms. The molecule has 0 aromatic carbocycles. The van der Waals surface area contributed by atoms with Gasteiger partial charge in [0.1, 0.15) is 5.15 Å². The number of carboxylic acid groups (broad SMARTS) is 1. The molecule has 0 unspecified atom stereocenters. The van der Waals surface area contributed by atoms with Crippen LogP contribution >= 0.6 is 11.6 Å². The maximum atomic E-state index is 10.5. The Bertz CT molecular complexity index is 301. The number of hydrogen-bond donors (Lipinski definition) is 1. The molecule has 64 valence electrons. The third-order valence-electron chi connectivity index (χ3n) is 1.62. The van der Waals surface area contributed by atoms with Gasteiger partial charge in [0.05, 0.1) is 5.92 Å². The fourth-order valence-electron chi connectivity index (χ4n) is 0.829. The second-order valence-electron chi connectivity index (χ2n) is 2.47. The van der Waals surface area contributed by atoms with Gasteiger partial charge in [-0.2, -0.15) is 0 Å². The van der Waals surface area contributed by atoms with E-state index >= 15 is 0 Å². The molecule has 0 bridgehead atoms. The highest BCUT2D eigenvalue weighted by molar-refractivity contribution is 6.29. The van der Waals surface area contributed by atoms with Crippen molar-refractivity contribution >= 4 is 17.6 Å². The van der Waals surface area contributed by atoms with E-state index in [9.17, 15) is 4.79 Å². The van der Waals surface area contributed by atoms with Crippen LogP contribution in [0.1, 0.15) is 18.4 Å². The lowest BCUT2D eigenvalue weighted by molar-refractivity contribution is -0.138. The van der Waals surface area contributed by atoms with Gasteiger partial charge in [-0.05, 0) is 24.6 Å². The number of aliphatic carboxylic acids is 1. The monoisotopic (exact) mass is 185 g/mol. The topological polar surface area (TPSA) is 50.2 Å². The van der Waals surface area contributed by atoms with Crippen molar-refractivity contribution in [3.05, 3.63) is 29.0 Å². The quantitative estimate of drug-likeness (QED) is 0.717. The summed E-state index contributed by atoms with van der Waals surface area (Å²) in [7, 11) is 0. The predicted octanol–water partition coefficient (Wildman–Crippen LogP) is 1.92. The molecule has 0 saturated heterocycles. The van der Waals surface area contributed by atoms with Gasteiger partial charge in [0.15, 0.2) is 0 Å². The van der Waals surface area contributed by atoms with Crippen LogP contribution < -0.4 is 0 Å². The van der Waals surface area contributed by atoms with Crippen molar-refractivity contribution in [1.29, 1.82) is 0 Å². The molecule has 12 heavy (non-hydrogen) atoms. The largest absolute Gasteiger partial charge is 0.481 e. The van der Waals surface area contributed by atoms with Crippen LogP contribution in [-0.4, -0.2) is 16.1 Å². The van der Waals surface area contributed by atoms with Gasteiger partial charge in [-0.25, -0.2) is 4.98 Å². The lowest BCUT2D eigenvalue weighted by atomic mass is 10.0. The SMILES string of the molecule is C[C@H](C(=O)O)c1ccnc(Cl)c1. The number of rotatable bonds is 2. The van der Waals surface area contributed by atoms with Crippen molar-refractivity contribution in [2.75, 3.05) is 0 Å². The summed E-state index contributed by atoms with van der Waals surface area (Å²) < 4.78 is 0.